The van der Waals surface area contributed by atoms with Gasteiger partial charge in [0.2, 0.25) is 0 Å². The summed E-state index contributed by atoms with van der Waals surface area (Å²) in [7, 11) is 2.24. The molecule has 1 saturated carbocycles. The van der Waals surface area contributed by atoms with Gasteiger partial charge in [-0.2, -0.15) is 0 Å². The zero-order chi connectivity index (χ0) is 18.6. The van der Waals surface area contributed by atoms with Gasteiger partial charge in [-0.1, -0.05) is 0 Å². The van der Waals surface area contributed by atoms with Crippen LogP contribution in [-0.4, -0.2) is 65.8 Å². The molecule has 3 unspecified atom stereocenters. The van der Waals surface area contributed by atoms with Gasteiger partial charge < -0.3 is 15.0 Å². The van der Waals surface area contributed by atoms with Crippen molar-refractivity contribution in [3.05, 3.63) is 0 Å². The van der Waals surface area contributed by atoms with E-state index >= 15 is 0 Å². The molecular weight excluding hydrogens is 314 g/mol. The molecule has 1 aliphatic heterocycles. The summed E-state index contributed by atoms with van der Waals surface area (Å²) in [6.45, 7) is 12.2. The molecule has 0 aromatic rings. The van der Waals surface area contributed by atoms with Gasteiger partial charge in [-0.25, -0.2) is 4.79 Å². The predicted molar refractivity (Wildman–Crippen MR) is 103 cm³/mol. The lowest BCUT2D eigenvalue weighted by atomic mass is 9.96. The molecule has 0 bridgehead atoms. The highest BCUT2D eigenvalue weighted by molar-refractivity contribution is 5.68. The quantitative estimate of drug-likeness (QED) is 0.759. The summed E-state index contributed by atoms with van der Waals surface area (Å²) in [4.78, 5) is 17.0. The summed E-state index contributed by atoms with van der Waals surface area (Å²) in [5.74, 6) is 0. The lowest BCUT2D eigenvalue weighted by Gasteiger charge is -2.38. The largest absolute Gasteiger partial charge is 0.444 e. The van der Waals surface area contributed by atoms with Crippen molar-refractivity contribution in [3.63, 3.8) is 0 Å². The average molecular weight is 354 g/mol. The van der Waals surface area contributed by atoms with E-state index in [1.165, 1.54) is 19.3 Å². The van der Waals surface area contributed by atoms with Gasteiger partial charge >= 0.3 is 6.09 Å². The Balaban J connectivity index is 1.80. The Labute approximate surface area is 154 Å². The number of carbonyl (C=O) groups is 1. The van der Waals surface area contributed by atoms with Crippen LogP contribution in [0.2, 0.25) is 0 Å². The summed E-state index contributed by atoms with van der Waals surface area (Å²) in [6, 6.07) is 2.06. The number of amides is 1. The standard InChI is InChI=1S/C20H39N3O2/c1-15(21-14-16(2)22(6)17-10-11-17)13-18-9-7-8-12-23(18)19(24)25-20(3,4)5/h15-18,21H,7-14H2,1-6H3. The van der Waals surface area contributed by atoms with Gasteiger partial charge in [0, 0.05) is 37.3 Å². The molecule has 0 spiro atoms. The average Bonchev–Trinajstić information content (AvgIpc) is 3.35. The first kappa shape index (κ1) is 20.5. The molecule has 2 aliphatic rings. The highest BCUT2D eigenvalue weighted by atomic mass is 16.6. The van der Waals surface area contributed by atoms with Crippen LogP contribution in [0.25, 0.3) is 0 Å². The predicted octanol–water partition coefficient (Wildman–Crippen LogP) is 3.63. The summed E-state index contributed by atoms with van der Waals surface area (Å²) in [5, 5.41) is 3.68. The van der Waals surface area contributed by atoms with Crippen LogP contribution in [0.3, 0.4) is 0 Å². The van der Waals surface area contributed by atoms with E-state index in [0.29, 0.717) is 18.1 Å². The number of piperidine rings is 1. The second-order valence-electron chi connectivity index (χ2n) is 9.11. The summed E-state index contributed by atoms with van der Waals surface area (Å²) >= 11 is 0. The van der Waals surface area contributed by atoms with E-state index in [9.17, 15) is 4.79 Å². The second-order valence-corrected chi connectivity index (χ2v) is 9.11. The molecule has 1 aliphatic carbocycles. The first-order chi connectivity index (χ1) is 11.7. The molecule has 5 nitrogen and oxygen atoms in total. The van der Waals surface area contributed by atoms with Crippen LogP contribution in [-0.2, 0) is 4.74 Å². The maximum Gasteiger partial charge on any atom is 0.410 e. The van der Waals surface area contributed by atoms with Crippen LogP contribution in [0.4, 0.5) is 4.79 Å². The highest BCUT2D eigenvalue weighted by Crippen LogP contribution is 2.27. The van der Waals surface area contributed by atoms with Gasteiger partial charge in [0.05, 0.1) is 0 Å². The topological polar surface area (TPSA) is 44.8 Å². The van der Waals surface area contributed by atoms with E-state index in [4.69, 9.17) is 4.74 Å². The zero-order valence-corrected chi connectivity index (χ0v) is 17.2. The lowest BCUT2D eigenvalue weighted by molar-refractivity contribution is 0.00784. The Bertz CT molecular complexity index is 431. The van der Waals surface area contributed by atoms with Crippen LogP contribution >= 0.6 is 0 Å². The fourth-order valence-electron chi connectivity index (χ4n) is 3.66. The minimum absolute atomic E-state index is 0.147. The Morgan fingerprint density at radius 1 is 1.24 bits per heavy atom. The third-order valence-electron chi connectivity index (χ3n) is 5.46. The van der Waals surface area contributed by atoms with Crippen molar-refractivity contribution in [2.24, 2.45) is 0 Å². The number of likely N-dealkylation sites (N-methyl/N-ethyl adjacent to an activating group) is 1. The van der Waals surface area contributed by atoms with Crippen LogP contribution in [0.1, 0.15) is 73.1 Å². The molecule has 2 rings (SSSR count). The fraction of sp³-hybridized carbons (Fsp3) is 0.950. The summed E-state index contributed by atoms with van der Waals surface area (Å²) in [5.41, 5.74) is -0.425. The number of nitrogens with zero attached hydrogens (tertiary/aromatic N) is 2. The maximum atomic E-state index is 12.5. The Hall–Kier alpha value is -0.810. The van der Waals surface area contributed by atoms with Crippen molar-refractivity contribution in [1.82, 2.24) is 15.1 Å². The first-order valence-corrected chi connectivity index (χ1v) is 10.1. The smallest absolute Gasteiger partial charge is 0.410 e. The minimum atomic E-state index is -0.425. The monoisotopic (exact) mass is 353 g/mol. The van der Waals surface area contributed by atoms with Gasteiger partial charge in [-0.05, 0) is 80.2 Å². The van der Waals surface area contributed by atoms with Crippen molar-refractivity contribution in [1.29, 1.82) is 0 Å². The van der Waals surface area contributed by atoms with Crippen molar-refractivity contribution < 1.29 is 9.53 Å². The zero-order valence-electron chi connectivity index (χ0n) is 17.2. The van der Waals surface area contributed by atoms with E-state index < -0.39 is 5.60 Å². The van der Waals surface area contributed by atoms with Crippen molar-refractivity contribution >= 4 is 6.09 Å². The molecular formula is C20H39N3O2. The van der Waals surface area contributed by atoms with Gasteiger partial charge in [0.15, 0.2) is 0 Å². The van der Waals surface area contributed by atoms with Gasteiger partial charge in [0.1, 0.15) is 5.60 Å². The van der Waals surface area contributed by atoms with Gasteiger partial charge in [-0.3, -0.25) is 4.90 Å². The normalized spacial score (nSPS) is 24.3. The minimum Gasteiger partial charge on any atom is -0.444 e. The number of likely N-dealkylation sites (tertiary alicyclic amines) is 1. The Morgan fingerprint density at radius 2 is 1.92 bits per heavy atom. The van der Waals surface area contributed by atoms with Gasteiger partial charge in [-0.15, -0.1) is 0 Å². The number of nitrogens with one attached hydrogen (secondary N) is 1. The van der Waals surface area contributed by atoms with Crippen LogP contribution in [0.5, 0.6) is 0 Å². The third kappa shape index (κ3) is 6.78. The van der Waals surface area contributed by atoms with E-state index in [0.717, 1.165) is 38.4 Å². The SMILES string of the molecule is CC(CC1CCCCN1C(=O)OC(C)(C)C)NCC(C)N(C)C1CC1. The third-order valence-corrected chi connectivity index (χ3v) is 5.46. The molecule has 0 radical (unpaired) electrons. The maximum absolute atomic E-state index is 12.5. The molecule has 0 aromatic carbocycles. The van der Waals surface area contributed by atoms with E-state index in [1.807, 2.05) is 25.7 Å². The number of carbonyl (C=O) groups excluding carboxylic acids is 1. The number of hydrogen-bond donors (Lipinski definition) is 1. The Kier molecular flexibility index (Phi) is 7.15. The molecule has 3 atom stereocenters. The summed E-state index contributed by atoms with van der Waals surface area (Å²) < 4.78 is 5.61. The number of rotatable bonds is 7. The molecule has 1 heterocycles. The van der Waals surface area contributed by atoms with Crippen molar-refractivity contribution in [2.45, 2.75) is 103 Å². The van der Waals surface area contributed by atoms with Crippen molar-refractivity contribution in [2.75, 3.05) is 20.1 Å². The van der Waals surface area contributed by atoms with Crippen LogP contribution in [0, 0.1) is 0 Å². The van der Waals surface area contributed by atoms with Crippen LogP contribution < -0.4 is 5.32 Å². The second kappa shape index (κ2) is 8.72. The molecule has 1 saturated heterocycles. The van der Waals surface area contributed by atoms with E-state index in [2.05, 4.69) is 31.1 Å². The highest BCUT2D eigenvalue weighted by Gasteiger charge is 2.32. The van der Waals surface area contributed by atoms with E-state index in [-0.39, 0.29) is 6.09 Å². The fourth-order valence-corrected chi connectivity index (χ4v) is 3.66. The molecule has 1 N–H and O–H groups in total. The van der Waals surface area contributed by atoms with Crippen LogP contribution in [0.15, 0.2) is 0 Å². The molecule has 2 fully saturated rings. The molecule has 5 heteroatoms. The lowest BCUT2D eigenvalue weighted by Crippen LogP contribution is -2.49. The summed E-state index contributed by atoms with van der Waals surface area (Å²) in [6.07, 6.45) is 6.93. The number of hydrogen-bond acceptors (Lipinski definition) is 4. The first-order valence-electron chi connectivity index (χ1n) is 10.1. The molecule has 0 aromatic heterocycles. The van der Waals surface area contributed by atoms with Gasteiger partial charge in [0.25, 0.3) is 0 Å². The van der Waals surface area contributed by atoms with E-state index in [1.54, 1.807) is 0 Å². The molecule has 146 valence electrons. The Morgan fingerprint density at radius 3 is 2.52 bits per heavy atom. The van der Waals surface area contributed by atoms with Crippen molar-refractivity contribution in [3.8, 4) is 0 Å². The molecule has 25 heavy (non-hydrogen) atoms. The molecule has 1 amide bonds. The number of ether oxygens (including phenoxy) is 1.